The Balaban J connectivity index is 0.00000400. The van der Waals surface area contributed by atoms with Gasteiger partial charge in [-0.2, -0.15) is 0 Å². The van der Waals surface area contributed by atoms with Gasteiger partial charge in [-0.15, -0.1) is 22.1 Å². The Morgan fingerprint density at radius 1 is 0.302 bits per heavy atom. The quantitative estimate of drug-likeness (QED) is 0.165. The summed E-state index contributed by atoms with van der Waals surface area (Å²) in [6, 6.07) is 39.2. The molecule has 9 heteroatoms. The van der Waals surface area contributed by atoms with Gasteiger partial charge in [-0.05, 0) is 112 Å². The molecule has 4 nitrogen and oxygen atoms in total. The predicted octanol–water partition coefficient (Wildman–Crippen LogP) is 13.2. The number of halogens is 4. The first-order chi connectivity index (χ1) is 25.4. The van der Waals surface area contributed by atoms with E-state index in [0.717, 1.165) is 89.4 Å². The smallest absolute Gasteiger partial charge is 0.0738 e. The summed E-state index contributed by atoms with van der Waals surface area (Å²) in [6.07, 6.45) is 8.13. The Bertz CT molecular complexity index is 2600. The van der Waals surface area contributed by atoms with E-state index in [9.17, 15) is 0 Å². The molecular weight excluding hydrogens is 923 g/mol. The van der Waals surface area contributed by atoms with Crippen molar-refractivity contribution >= 4 is 92.8 Å². The summed E-state index contributed by atoms with van der Waals surface area (Å²) < 4.78 is 0. The van der Waals surface area contributed by atoms with Crippen LogP contribution in [0, 0.1) is 0 Å². The van der Waals surface area contributed by atoms with Crippen molar-refractivity contribution in [1.82, 2.24) is 19.9 Å². The molecule has 9 rings (SSSR count). The van der Waals surface area contributed by atoms with Crippen LogP contribution in [0.1, 0.15) is 22.8 Å². The van der Waals surface area contributed by atoms with Crippen molar-refractivity contribution in [3.8, 4) is 44.5 Å². The van der Waals surface area contributed by atoms with Gasteiger partial charge in [0.15, 0.2) is 0 Å². The van der Waals surface area contributed by atoms with Gasteiger partial charge in [-0.3, -0.25) is 0 Å². The minimum absolute atomic E-state index is 0. The molecule has 3 aromatic heterocycles. The second-order valence-corrected chi connectivity index (χ2v) is 14.1. The molecule has 0 saturated carbocycles. The normalized spacial score (nSPS) is 11.8. The molecule has 0 aliphatic carbocycles. The minimum Gasteiger partial charge on any atom is -0.657 e. The summed E-state index contributed by atoms with van der Waals surface area (Å²) in [5.74, 6) is 0. The van der Waals surface area contributed by atoms with Gasteiger partial charge in [0.25, 0.3) is 0 Å². The fourth-order valence-electron chi connectivity index (χ4n) is 6.74. The predicted molar refractivity (Wildman–Crippen MR) is 219 cm³/mol. The summed E-state index contributed by atoms with van der Waals surface area (Å²) >= 11 is 25.4. The molecule has 0 atom stereocenters. The van der Waals surface area contributed by atoms with Crippen molar-refractivity contribution in [3.05, 3.63) is 164 Å². The molecule has 5 heterocycles. The second-order valence-electron chi connectivity index (χ2n) is 12.4. The number of hydrogen-bond acceptors (Lipinski definition) is 2. The van der Waals surface area contributed by atoms with E-state index >= 15 is 0 Å². The van der Waals surface area contributed by atoms with Gasteiger partial charge in [0.2, 0.25) is 0 Å². The van der Waals surface area contributed by atoms with Crippen molar-refractivity contribution < 1.29 is 22.4 Å². The fourth-order valence-corrected chi connectivity index (χ4v) is 7.24. The molecule has 0 saturated heterocycles. The van der Waals surface area contributed by atoms with Crippen LogP contribution >= 0.6 is 46.4 Å². The van der Waals surface area contributed by atoms with E-state index in [1.807, 2.05) is 146 Å². The van der Waals surface area contributed by atoms with Crippen LogP contribution in [0.15, 0.2) is 121 Å². The average molecular weight is 947 g/mol. The van der Waals surface area contributed by atoms with E-state index in [2.05, 4.69) is 0 Å². The van der Waals surface area contributed by atoms with Gasteiger partial charge in [0.1, 0.15) is 0 Å². The summed E-state index contributed by atoms with van der Waals surface area (Å²) in [5, 5.41) is 2.58. The topological polar surface area (TPSA) is 54.0 Å². The molecule has 2 aliphatic rings. The van der Waals surface area contributed by atoms with E-state index in [-0.39, 0.29) is 22.4 Å². The summed E-state index contributed by atoms with van der Waals surface area (Å²) in [5.41, 5.74) is 13.4. The molecule has 53 heavy (non-hydrogen) atoms. The zero-order valence-electron chi connectivity index (χ0n) is 27.5. The molecular formula is C44H24AuCl4N4-2. The molecule has 8 bridgehead atoms. The van der Waals surface area contributed by atoms with Gasteiger partial charge in [-0.25, -0.2) is 9.97 Å². The molecule has 0 spiro atoms. The third-order valence-electron chi connectivity index (χ3n) is 9.14. The van der Waals surface area contributed by atoms with Crippen LogP contribution in [-0.2, 0) is 22.4 Å². The minimum atomic E-state index is 0. The van der Waals surface area contributed by atoms with E-state index in [1.54, 1.807) is 0 Å². The molecule has 7 aromatic rings. The van der Waals surface area contributed by atoms with Gasteiger partial charge >= 0.3 is 0 Å². The van der Waals surface area contributed by atoms with E-state index in [1.165, 1.54) is 0 Å². The first-order valence-electron chi connectivity index (χ1n) is 16.5. The van der Waals surface area contributed by atoms with Crippen molar-refractivity contribution in [1.29, 1.82) is 0 Å². The molecule has 0 amide bonds. The van der Waals surface area contributed by atoms with Crippen LogP contribution in [0.4, 0.5) is 0 Å². The van der Waals surface area contributed by atoms with Crippen LogP contribution in [0.2, 0.25) is 20.1 Å². The molecule has 1 radical (unpaired) electrons. The molecule has 0 N–H and O–H groups in total. The maximum atomic E-state index is 6.36. The Labute approximate surface area is 341 Å². The fraction of sp³-hybridized carbons (Fsp3) is 0. The van der Waals surface area contributed by atoms with Gasteiger partial charge in [0.05, 0.1) is 22.8 Å². The van der Waals surface area contributed by atoms with Crippen LogP contribution in [-0.4, -0.2) is 9.97 Å². The van der Waals surface area contributed by atoms with Crippen LogP contribution < -0.4 is 9.97 Å². The third kappa shape index (κ3) is 6.85. The zero-order valence-corrected chi connectivity index (χ0v) is 32.6. The van der Waals surface area contributed by atoms with Crippen LogP contribution in [0.25, 0.3) is 90.9 Å². The molecule has 4 aromatic carbocycles. The first-order valence-corrected chi connectivity index (χ1v) is 18.0. The number of benzene rings is 4. The Morgan fingerprint density at radius 2 is 0.547 bits per heavy atom. The monoisotopic (exact) mass is 945 g/mol. The van der Waals surface area contributed by atoms with E-state index < -0.39 is 0 Å². The van der Waals surface area contributed by atoms with Gasteiger partial charge in [-0.1, -0.05) is 119 Å². The number of nitrogens with zero attached hydrogens (tertiary/aromatic N) is 4. The number of aromatic nitrogens is 4. The van der Waals surface area contributed by atoms with Crippen molar-refractivity contribution in [3.63, 3.8) is 0 Å². The zero-order chi connectivity index (χ0) is 35.3. The SMILES string of the molecule is Clc1ccc(-c2c3nc(c(-c4ccc(Cl)cc4)c4ccc([n-]4)c(-c4ccc(Cl)cc4)c4ccc([n-]4)c(-c4ccc(Cl)cc4)c4nc2C=C4)C=C3)cc1.[Au]. The Morgan fingerprint density at radius 3 is 0.868 bits per heavy atom. The van der Waals surface area contributed by atoms with Crippen molar-refractivity contribution in [2.45, 2.75) is 0 Å². The second kappa shape index (κ2) is 14.7. The summed E-state index contributed by atoms with van der Waals surface area (Å²) in [6.45, 7) is 0. The van der Waals surface area contributed by atoms with Crippen LogP contribution in [0.3, 0.4) is 0 Å². The molecule has 261 valence electrons. The molecule has 0 fully saturated rings. The van der Waals surface area contributed by atoms with Crippen molar-refractivity contribution in [2.24, 2.45) is 0 Å². The third-order valence-corrected chi connectivity index (χ3v) is 10.1. The Hall–Kier alpha value is -4.62. The molecule has 0 unspecified atom stereocenters. The maximum Gasteiger partial charge on any atom is 0.0738 e. The summed E-state index contributed by atoms with van der Waals surface area (Å²) in [7, 11) is 0. The van der Waals surface area contributed by atoms with Crippen molar-refractivity contribution in [2.75, 3.05) is 0 Å². The van der Waals surface area contributed by atoms with Gasteiger partial charge in [0, 0.05) is 48.0 Å². The van der Waals surface area contributed by atoms with Gasteiger partial charge < -0.3 is 9.97 Å². The average Bonchev–Trinajstić information content (AvgIpc) is 3.99. The summed E-state index contributed by atoms with van der Waals surface area (Å²) in [4.78, 5) is 21.1. The first kappa shape index (κ1) is 35.4. The maximum absolute atomic E-state index is 6.36. The van der Waals surface area contributed by atoms with E-state index in [0.29, 0.717) is 20.1 Å². The number of rotatable bonds is 4. The Kier molecular flexibility index (Phi) is 9.80. The standard InChI is InChI=1S/C44H24Cl4N4.Au/c45-29-9-1-25(2-10-29)41-33-17-19-35(49-33)42(26-3-11-30(46)12-4-26)37-21-23-39(51-37)44(28-7-15-32(48)16-8-28)40-24-22-38(52-40)43(36-20-18-34(41)50-36)27-5-13-31(47)14-6-27;/h1-24H;/q-2;. The number of hydrogen-bond donors (Lipinski definition) is 0. The molecule has 2 aliphatic heterocycles. The van der Waals surface area contributed by atoms with Crippen LogP contribution in [0.5, 0.6) is 0 Å². The largest absolute Gasteiger partial charge is 0.657 e. The van der Waals surface area contributed by atoms with E-state index in [4.69, 9.17) is 66.3 Å². The number of fused-ring (bicyclic) bond motifs is 8.